The average Bonchev–Trinajstić information content (AvgIpc) is 2.62. The second-order valence-electron chi connectivity index (χ2n) is 6.66. The molecule has 2 aliphatic rings. The number of hydrogen-bond acceptors (Lipinski definition) is 2. The third kappa shape index (κ3) is 4.53. The Balaban J connectivity index is 1.58. The van der Waals surface area contributed by atoms with Crippen molar-refractivity contribution in [3.63, 3.8) is 0 Å². The summed E-state index contributed by atoms with van der Waals surface area (Å²) in [7, 11) is 0. The Morgan fingerprint density at radius 3 is 2.28 bits per heavy atom. The molecule has 1 heterocycles. The zero-order valence-electron chi connectivity index (χ0n) is 14.3. The number of rotatable bonds is 3. The maximum Gasteiger partial charge on any atom is 0.416 e. The number of alkyl halides is 3. The molecule has 1 aromatic carbocycles. The number of hydrogen-bond donors (Lipinski definition) is 0. The summed E-state index contributed by atoms with van der Waals surface area (Å²) < 4.78 is 49.6. The molecular formula is C20H23F3O2. The second kappa shape index (κ2) is 7.75. The van der Waals surface area contributed by atoms with E-state index in [1.165, 1.54) is 0 Å². The van der Waals surface area contributed by atoms with E-state index in [-0.39, 0.29) is 6.29 Å². The molecule has 5 heteroatoms. The van der Waals surface area contributed by atoms with Crippen LogP contribution in [0.4, 0.5) is 13.2 Å². The number of benzene rings is 1. The fourth-order valence-corrected chi connectivity index (χ4v) is 3.43. The van der Waals surface area contributed by atoms with Gasteiger partial charge in [-0.15, -0.1) is 0 Å². The zero-order valence-corrected chi connectivity index (χ0v) is 14.3. The molecule has 0 aromatic heterocycles. The molecule has 1 aliphatic heterocycles. The average molecular weight is 352 g/mol. The van der Waals surface area contributed by atoms with Crippen molar-refractivity contribution in [2.75, 3.05) is 13.2 Å². The lowest BCUT2D eigenvalue weighted by molar-refractivity contribution is -0.218. The first-order valence-corrected chi connectivity index (χ1v) is 8.70. The van der Waals surface area contributed by atoms with Crippen molar-refractivity contribution in [2.24, 2.45) is 11.8 Å². The SMILES string of the molecule is C/C=C/C1COC(C2CC=C(c3ccc(C(F)(F)F)cc3)CC2)OC1. The van der Waals surface area contributed by atoms with Crippen LogP contribution in [-0.4, -0.2) is 19.5 Å². The summed E-state index contributed by atoms with van der Waals surface area (Å²) in [6, 6.07) is 5.42. The molecule has 0 bridgehead atoms. The number of ether oxygens (including phenoxy) is 2. The minimum atomic E-state index is -4.29. The highest BCUT2D eigenvalue weighted by Crippen LogP contribution is 2.36. The van der Waals surface area contributed by atoms with E-state index in [1.807, 2.05) is 13.0 Å². The normalized spacial score (nSPS) is 28.2. The van der Waals surface area contributed by atoms with Gasteiger partial charge in [-0.3, -0.25) is 0 Å². The van der Waals surface area contributed by atoms with Crippen LogP contribution >= 0.6 is 0 Å². The van der Waals surface area contributed by atoms with Crippen molar-refractivity contribution < 1.29 is 22.6 Å². The maximum atomic E-state index is 12.6. The van der Waals surface area contributed by atoms with Gasteiger partial charge < -0.3 is 9.47 Å². The van der Waals surface area contributed by atoms with Gasteiger partial charge >= 0.3 is 6.18 Å². The van der Waals surface area contributed by atoms with E-state index in [1.54, 1.807) is 12.1 Å². The summed E-state index contributed by atoms with van der Waals surface area (Å²) in [6.45, 7) is 3.35. The van der Waals surface area contributed by atoms with Crippen LogP contribution in [0.15, 0.2) is 42.5 Å². The van der Waals surface area contributed by atoms with Gasteiger partial charge in [-0.2, -0.15) is 13.2 Å². The van der Waals surface area contributed by atoms with Crippen molar-refractivity contribution in [3.05, 3.63) is 53.6 Å². The molecule has 0 spiro atoms. The third-order valence-electron chi connectivity index (χ3n) is 4.83. The van der Waals surface area contributed by atoms with E-state index in [2.05, 4.69) is 12.2 Å². The highest BCUT2D eigenvalue weighted by Gasteiger charge is 2.31. The molecular weight excluding hydrogens is 329 g/mol. The van der Waals surface area contributed by atoms with Gasteiger partial charge in [0.05, 0.1) is 18.8 Å². The number of halogens is 3. The first kappa shape index (κ1) is 18.2. The zero-order chi connectivity index (χ0) is 17.9. The fourth-order valence-electron chi connectivity index (χ4n) is 3.43. The largest absolute Gasteiger partial charge is 0.416 e. The predicted molar refractivity (Wildman–Crippen MR) is 90.8 cm³/mol. The van der Waals surface area contributed by atoms with Crippen molar-refractivity contribution in [2.45, 2.75) is 38.7 Å². The third-order valence-corrected chi connectivity index (χ3v) is 4.83. The van der Waals surface area contributed by atoms with E-state index in [4.69, 9.17) is 9.47 Å². The summed E-state index contributed by atoms with van der Waals surface area (Å²) in [6.07, 6.45) is 4.34. The van der Waals surface area contributed by atoms with E-state index >= 15 is 0 Å². The van der Waals surface area contributed by atoms with E-state index in [0.717, 1.165) is 42.5 Å². The van der Waals surface area contributed by atoms with Gasteiger partial charge in [0.2, 0.25) is 0 Å². The molecule has 0 radical (unpaired) electrons. The minimum absolute atomic E-state index is 0.174. The van der Waals surface area contributed by atoms with Gasteiger partial charge in [0.25, 0.3) is 0 Å². The van der Waals surface area contributed by atoms with Crippen LogP contribution in [0.3, 0.4) is 0 Å². The van der Waals surface area contributed by atoms with Crippen molar-refractivity contribution in [1.82, 2.24) is 0 Å². The van der Waals surface area contributed by atoms with Crippen LogP contribution in [0.2, 0.25) is 0 Å². The van der Waals surface area contributed by atoms with Crippen molar-refractivity contribution >= 4 is 5.57 Å². The Morgan fingerprint density at radius 2 is 1.76 bits per heavy atom. The summed E-state index contributed by atoms with van der Waals surface area (Å²) in [4.78, 5) is 0. The Bertz CT molecular complexity index is 623. The molecule has 1 aromatic rings. The highest BCUT2D eigenvalue weighted by atomic mass is 19.4. The van der Waals surface area contributed by atoms with Crippen LogP contribution in [-0.2, 0) is 15.7 Å². The second-order valence-corrected chi connectivity index (χ2v) is 6.66. The Labute approximate surface area is 146 Å². The molecule has 136 valence electrons. The molecule has 0 saturated carbocycles. The van der Waals surface area contributed by atoms with Gasteiger partial charge in [0.1, 0.15) is 0 Å². The smallest absolute Gasteiger partial charge is 0.352 e. The fraction of sp³-hybridized carbons (Fsp3) is 0.500. The van der Waals surface area contributed by atoms with Gasteiger partial charge in [-0.1, -0.05) is 30.4 Å². The van der Waals surface area contributed by atoms with Crippen LogP contribution < -0.4 is 0 Å². The minimum Gasteiger partial charge on any atom is -0.352 e. The molecule has 25 heavy (non-hydrogen) atoms. The molecule has 2 nitrogen and oxygen atoms in total. The van der Waals surface area contributed by atoms with Gasteiger partial charge in [-0.05, 0) is 49.5 Å². The molecule has 1 atom stereocenters. The molecule has 1 fully saturated rings. The quantitative estimate of drug-likeness (QED) is 0.673. The lowest BCUT2D eigenvalue weighted by atomic mass is 9.85. The van der Waals surface area contributed by atoms with Crippen molar-refractivity contribution in [1.29, 1.82) is 0 Å². The number of allylic oxidation sites excluding steroid dienone is 3. The first-order chi connectivity index (χ1) is 12.0. The van der Waals surface area contributed by atoms with Crippen LogP contribution in [0.25, 0.3) is 5.57 Å². The molecule has 1 saturated heterocycles. The van der Waals surface area contributed by atoms with Crippen molar-refractivity contribution in [3.8, 4) is 0 Å². The molecule has 1 aliphatic carbocycles. The van der Waals surface area contributed by atoms with Gasteiger partial charge in [0.15, 0.2) is 6.29 Å². The standard InChI is InChI=1S/C20H23F3O2/c1-2-3-14-12-24-19(25-13-14)17-6-4-15(5-7-17)16-8-10-18(11-9-16)20(21,22)23/h2-4,8-11,14,17,19H,5-7,12-13H2,1H3/b3-2+. The summed E-state index contributed by atoms with van der Waals surface area (Å²) >= 11 is 0. The summed E-state index contributed by atoms with van der Waals surface area (Å²) in [5, 5.41) is 0. The monoisotopic (exact) mass is 352 g/mol. The topological polar surface area (TPSA) is 18.5 Å². The Kier molecular flexibility index (Phi) is 5.64. The lowest BCUT2D eigenvalue weighted by Crippen LogP contribution is -2.37. The summed E-state index contributed by atoms with van der Waals surface area (Å²) in [5.74, 6) is 0.632. The molecule has 3 rings (SSSR count). The molecule has 0 amide bonds. The first-order valence-electron chi connectivity index (χ1n) is 8.70. The highest BCUT2D eigenvalue weighted by molar-refractivity contribution is 5.66. The maximum absolute atomic E-state index is 12.6. The van der Waals surface area contributed by atoms with E-state index < -0.39 is 11.7 Å². The van der Waals surface area contributed by atoms with Crippen LogP contribution in [0, 0.1) is 11.8 Å². The predicted octanol–water partition coefficient (Wildman–Crippen LogP) is 5.45. The van der Waals surface area contributed by atoms with Crippen LogP contribution in [0.1, 0.15) is 37.3 Å². The Hall–Kier alpha value is -1.59. The Morgan fingerprint density at radius 1 is 1.08 bits per heavy atom. The molecule has 1 unspecified atom stereocenters. The lowest BCUT2D eigenvalue weighted by Gasteiger charge is -2.34. The van der Waals surface area contributed by atoms with Gasteiger partial charge in [0, 0.05) is 11.8 Å². The molecule has 0 N–H and O–H groups in total. The van der Waals surface area contributed by atoms with E-state index in [0.29, 0.717) is 25.0 Å². The van der Waals surface area contributed by atoms with E-state index in [9.17, 15) is 13.2 Å². The summed E-state index contributed by atoms with van der Waals surface area (Å²) in [5.41, 5.74) is 1.36. The van der Waals surface area contributed by atoms with Gasteiger partial charge in [-0.25, -0.2) is 0 Å². The van der Waals surface area contributed by atoms with Crippen LogP contribution in [0.5, 0.6) is 0 Å².